The van der Waals surface area contributed by atoms with Crippen LogP contribution in [-0.4, -0.2) is 42.5 Å². The molecule has 0 amide bonds. The van der Waals surface area contributed by atoms with Crippen molar-refractivity contribution in [3.05, 3.63) is 71.3 Å². The summed E-state index contributed by atoms with van der Waals surface area (Å²) in [5.41, 5.74) is 4.64. The van der Waals surface area contributed by atoms with E-state index < -0.39 is 0 Å². The minimum atomic E-state index is 0.674. The zero-order valence-corrected chi connectivity index (χ0v) is 14.5. The normalized spacial score (nSPS) is 21.8. The maximum atomic E-state index is 2.72. The molecule has 1 atom stereocenters. The Morgan fingerprint density at radius 3 is 2.42 bits per heavy atom. The van der Waals surface area contributed by atoms with E-state index in [2.05, 4.69) is 64.4 Å². The minimum Gasteiger partial charge on any atom is -0.301 e. The van der Waals surface area contributed by atoms with Gasteiger partial charge >= 0.3 is 0 Å². The van der Waals surface area contributed by atoms with Gasteiger partial charge in [0.05, 0.1) is 0 Å². The lowest BCUT2D eigenvalue weighted by molar-refractivity contribution is 0.0953. The van der Waals surface area contributed by atoms with Gasteiger partial charge < -0.3 is 4.90 Å². The Labute approximate surface area is 146 Å². The van der Waals surface area contributed by atoms with Gasteiger partial charge in [0.25, 0.3) is 0 Å². The number of rotatable bonds is 5. The lowest BCUT2D eigenvalue weighted by Crippen LogP contribution is -2.47. The van der Waals surface area contributed by atoms with Crippen molar-refractivity contribution in [3.63, 3.8) is 0 Å². The molecular weight excluding hydrogens is 292 g/mol. The van der Waals surface area contributed by atoms with Crippen molar-refractivity contribution in [2.45, 2.75) is 31.7 Å². The van der Waals surface area contributed by atoms with Crippen LogP contribution in [0.5, 0.6) is 0 Å². The van der Waals surface area contributed by atoms with Gasteiger partial charge in [-0.05, 0) is 48.9 Å². The number of aryl methyl sites for hydroxylation is 2. The Morgan fingerprint density at radius 2 is 1.58 bits per heavy atom. The number of benzene rings is 2. The van der Waals surface area contributed by atoms with E-state index in [1.807, 2.05) is 0 Å². The molecule has 2 heteroatoms. The third kappa shape index (κ3) is 3.55. The highest BCUT2D eigenvalue weighted by Crippen LogP contribution is 2.35. The molecule has 2 nitrogen and oxygen atoms in total. The highest BCUT2D eigenvalue weighted by Gasteiger charge is 2.29. The van der Waals surface area contributed by atoms with Crippen LogP contribution < -0.4 is 0 Å². The van der Waals surface area contributed by atoms with E-state index in [1.54, 1.807) is 11.1 Å². The first-order valence-corrected chi connectivity index (χ1v) is 9.48. The molecule has 2 aliphatic rings. The molecule has 1 heterocycles. The van der Waals surface area contributed by atoms with Crippen LogP contribution >= 0.6 is 0 Å². The van der Waals surface area contributed by atoms with Crippen LogP contribution in [0.4, 0.5) is 0 Å². The van der Waals surface area contributed by atoms with Crippen molar-refractivity contribution < 1.29 is 0 Å². The second kappa shape index (κ2) is 7.50. The Balaban J connectivity index is 1.24. The second-order valence-corrected chi connectivity index (χ2v) is 7.22. The molecule has 0 radical (unpaired) electrons. The van der Waals surface area contributed by atoms with Crippen LogP contribution in [-0.2, 0) is 12.8 Å². The lowest BCUT2D eigenvalue weighted by atomic mass is 10.1. The summed E-state index contributed by atoms with van der Waals surface area (Å²) in [4.78, 5) is 5.37. The van der Waals surface area contributed by atoms with Crippen molar-refractivity contribution in [2.24, 2.45) is 0 Å². The van der Waals surface area contributed by atoms with Gasteiger partial charge in [0, 0.05) is 32.2 Å². The molecule has 1 fully saturated rings. The fraction of sp³-hybridized carbons (Fsp3) is 0.455. The number of piperazine rings is 1. The molecule has 2 aromatic carbocycles. The molecule has 1 aliphatic heterocycles. The Bertz CT molecular complexity index is 644. The van der Waals surface area contributed by atoms with Crippen LogP contribution in [0.25, 0.3) is 0 Å². The molecule has 0 bridgehead atoms. The average Bonchev–Trinajstić information content (AvgIpc) is 3.07. The minimum absolute atomic E-state index is 0.674. The van der Waals surface area contributed by atoms with Crippen LogP contribution in [0.3, 0.4) is 0 Å². The van der Waals surface area contributed by atoms with Gasteiger partial charge in [-0.2, -0.15) is 0 Å². The van der Waals surface area contributed by atoms with Gasteiger partial charge in [-0.1, -0.05) is 54.6 Å². The molecule has 1 aliphatic carbocycles. The van der Waals surface area contributed by atoms with Crippen molar-refractivity contribution in [2.75, 3.05) is 32.7 Å². The SMILES string of the molecule is c1ccc(CCCN2CCN([C@@H]3CCc4ccccc43)CC2)cc1. The van der Waals surface area contributed by atoms with E-state index in [9.17, 15) is 0 Å². The lowest BCUT2D eigenvalue weighted by Gasteiger charge is -2.38. The van der Waals surface area contributed by atoms with Gasteiger partial charge in [-0.3, -0.25) is 4.90 Å². The molecule has 24 heavy (non-hydrogen) atoms. The first-order valence-electron chi connectivity index (χ1n) is 9.48. The van der Waals surface area contributed by atoms with Crippen molar-refractivity contribution >= 4 is 0 Å². The second-order valence-electron chi connectivity index (χ2n) is 7.22. The van der Waals surface area contributed by atoms with E-state index >= 15 is 0 Å². The van der Waals surface area contributed by atoms with Gasteiger partial charge in [-0.15, -0.1) is 0 Å². The quantitative estimate of drug-likeness (QED) is 0.824. The predicted octanol–water partition coefficient (Wildman–Crippen LogP) is 3.92. The van der Waals surface area contributed by atoms with E-state index in [-0.39, 0.29) is 0 Å². The fourth-order valence-electron chi connectivity index (χ4n) is 4.36. The Hall–Kier alpha value is -1.64. The van der Waals surface area contributed by atoms with Crippen LogP contribution in [0.2, 0.25) is 0 Å². The van der Waals surface area contributed by atoms with E-state index in [4.69, 9.17) is 0 Å². The largest absolute Gasteiger partial charge is 0.301 e. The van der Waals surface area contributed by atoms with E-state index in [0.717, 1.165) is 0 Å². The average molecular weight is 320 g/mol. The third-order valence-electron chi connectivity index (χ3n) is 5.73. The van der Waals surface area contributed by atoms with Gasteiger partial charge in [0.2, 0.25) is 0 Å². The monoisotopic (exact) mass is 320 g/mol. The number of hydrogen-bond acceptors (Lipinski definition) is 2. The first-order chi connectivity index (χ1) is 11.9. The van der Waals surface area contributed by atoms with Crippen molar-refractivity contribution in [3.8, 4) is 0 Å². The van der Waals surface area contributed by atoms with Gasteiger partial charge in [-0.25, -0.2) is 0 Å². The fourth-order valence-corrected chi connectivity index (χ4v) is 4.36. The molecule has 1 saturated heterocycles. The Kier molecular flexibility index (Phi) is 4.96. The van der Waals surface area contributed by atoms with Crippen LogP contribution in [0.15, 0.2) is 54.6 Å². The van der Waals surface area contributed by atoms with Crippen LogP contribution in [0.1, 0.15) is 35.6 Å². The summed E-state index contributed by atoms with van der Waals surface area (Å²) in [5, 5.41) is 0. The summed E-state index contributed by atoms with van der Waals surface area (Å²) in [7, 11) is 0. The standard InChI is InChI=1S/C22H28N2/c1-2-7-19(8-3-1)9-6-14-23-15-17-24(18-16-23)22-13-12-20-10-4-5-11-21(20)22/h1-5,7-8,10-11,22H,6,9,12-18H2/t22-/m1/s1. The zero-order chi connectivity index (χ0) is 16.2. The molecule has 4 rings (SSSR count). The number of nitrogens with zero attached hydrogens (tertiary/aromatic N) is 2. The van der Waals surface area contributed by atoms with Crippen molar-refractivity contribution in [1.29, 1.82) is 0 Å². The highest BCUT2D eigenvalue weighted by molar-refractivity contribution is 5.34. The smallest absolute Gasteiger partial charge is 0.0355 e. The van der Waals surface area contributed by atoms with Crippen LogP contribution in [0, 0.1) is 0 Å². The maximum absolute atomic E-state index is 2.72. The van der Waals surface area contributed by atoms with E-state index in [1.165, 1.54) is 64.0 Å². The molecule has 0 aromatic heterocycles. The van der Waals surface area contributed by atoms with E-state index in [0.29, 0.717) is 6.04 Å². The van der Waals surface area contributed by atoms with Gasteiger partial charge in [0.1, 0.15) is 0 Å². The summed E-state index contributed by atoms with van der Waals surface area (Å²) in [6.45, 7) is 6.15. The zero-order valence-electron chi connectivity index (χ0n) is 14.5. The van der Waals surface area contributed by atoms with Gasteiger partial charge in [0.15, 0.2) is 0 Å². The molecule has 0 N–H and O–H groups in total. The summed E-state index contributed by atoms with van der Waals surface area (Å²) in [5.74, 6) is 0. The molecule has 126 valence electrons. The number of hydrogen-bond donors (Lipinski definition) is 0. The number of fused-ring (bicyclic) bond motifs is 1. The summed E-state index contributed by atoms with van der Waals surface area (Å²) in [6, 6.07) is 20.6. The molecular formula is C22H28N2. The summed E-state index contributed by atoms with van der Waals surface area (Å²) >= 11 is 0. The predicted molar refractivity (Wildman–Crippen MR) is 100 cm³/mol. The topological polar surface area (TPSA) is 6.48 Å². The third-order valence-corrected chi connectivity index (χ3v) is 5.73. The van der Waals surface area contributed by atoms with Crippen molar-refractivity contribution in [1.82, 2.24) is 9.80 Å². The summed E-state index contributed by atoms with van der Waals surface area (Å²) < 4.78 is 0. The highest BCUT2D eigenvalue weighted by atomic mass is 15.3. The maximum Gasteiger partial charge on any atom is 0.0355 e. The summed E-state index contributed by atoms with van der Waals surface area (Å²) in [6.07, 6.45) is 5.05. The first kappa shape index (κ1) is 15.9. The molecule has 0 saturated carbocycles. The molecule has 0 unspecified atom stereocenters. The molecule has 2 aromatic rings. The molecule has 0 spiro atoms. The Morgan fingerprint density at radius 1 is 0.833 bits per heavy atom.